The molecule has 0 fully saturated rings. The number of fused-ring (bicyclic) bond motifs is 3. The van der Waals surface area contributed by atoms with E-state index in [2.05, 4.69) is 179 Å². The zero-order valence-electron chi connectivity index (χ0n) is 26.7. The molecular formula is C43H37Cl2Zr-3. The summed E-state index contributed by atoms with van der Waals surface area (Å²) in [4.78, 5) is 0. The molecule has 46 heavy (non-hydrogen) atoms. The van der Waals surface area contributed by atoms with Crippen LogP contribution in [0.5, 0.6) is 0 Å². The molecule has 0 saturated heterocycles. The standard InChI is InChI=1S/2C16H13.C11H11.2ClH.Zr/c2*1-12-10-14-8-5-9-15(16(14)11-12)13-6-3-2-4-7-13;1-8-7-10-5-3-4-6-11(10)9(8)2;;;/h2*2-11H,1H3;3-7H,1-2H3;2*1H;/q3*-1;;;+2/p-2. The van der Waals surface area contributed by atoms with Crippen LogP contribution in [0.3, 0.4) is 0 Å². The van der Waals surface area contributed by atoms with Crippen molar-refractivity contribution in [2.75, 3.05) is 0 Å². The Balaban J connectivity index is 0.000000185. The topological polar surface area (TPSA) is 0 Å². The molecule has 8 aromatic carbocycles. The zero-order valence-corrected chi connectivity index (χ0v) is 30.7. The van der Waals surface area contributed by atoms with Gasteiger partial charge in [-0.05, 0) is 11.1 Å². The van der Waals surface area contributed by atoms with Crippen LogP contribution in [0.15, 0.2) is 152 Å². The molecule has 0 atom stereocenters. The Morgan fingerprint density at radius 2 is 0.783 bits per heavy atom. The Labute approximate surface area is 305 Å². The smallest absolute Gasteiger partial charge is 1.00 e. The van der Waals surface area contributed by atoms with Gasteiger partial charge >= 0.3 is 26.2 Å². The van der Waals surface area contributed by atoms with Crippen molar-refractivity contribution < 1.29 is 51.0 Å². The summed E-state index contributed by atoms with van der Waals surface area (Å²) in [6, 6.07) is 53.9. The average molecular weight is 716 g/mol. The number of halogens is 2. The Hall–Kier alpha value is -3.61. The number of hydrogen-bond acceptors (Lipinski definition) is 0. The van der Waals surface area contributed by atoms with Gasteiger partial charge in [0, 0.05) is 0 Å². The van der Waals surface area contributed by atoms with Gasteiger partial charge in [-0.3, -0.25) is 0 Å². The molecule has 0 N–H and O–H groups in total. The molecule has 0 nitrogen and oxygen atoms in total. The van der Waals surface area contributed by atoms with Gasteiger partial charge in [-0.1, -0.05) is 118 Å². The fourth-order valence-electron chi connectivity index (χ4n) is 6.03. The third-order valence-corrected chi connectivity index (χ3v) is 8.29. The van der Waals surface area contributed by atoms with Gasteiger partial charge in [0.2, 0.25) is 0 Å². The molecule has 8 aromatic rings. The van der Waals surface area contributed by atoms with Gasteiger partial charge in [-0.2, -0.15) is 17.7 Å². The predicted molar refractivity (Wildman–Crippen MR) is 188 cm³/mol. The zero-order chi connectivity index (χ0) is 29.8. The first-order valence-electron chi connectivity index (χ1n) is 15.0. The van der Waals surface area contributed by atoms with Crippen LogP contribution in [0.4, 0.5) is 0 Å². The van der Waals surface area contributed by atoms with Crippen LogP contribution in [-0.2, 0) is 26.2 Å². The Morgan fingerprint density at radius 3 is 1.24 bits per heavy atom. The van der Waals surface area contributed by atoms with Gasteiger partial charge in [-0.15, -0.1) is 110 Å². The Kier molecular flexibility index (Phi) is 13.5. The van der Waals surface area contributed by atoms with Gasteiger partial charge in [0.25, 0.3) is 0 Å². The van der Waals surface area contributed by atoms with Crippen LogP contribution in [0, 0.1) is 27.7 Å². The molecule has 0 aromatic heterocycles. The second-order valence-electron chi connectivity index (χ2n) is 11.5. The van der Waals surface area contributed by atoms with Crippen molar-refractivity contribution in [3.63, 3.8) is 0 Å². The fourth-order valence-corrected chi connectivity index (χ4v) is 6.03. The molecule has 0 aliphatic carbocycles. The Morgan fingerprint density at radius 1 is 0.391 bits per heavy atom. The molecule has 230 valence electrons. The second kappa shape index (κ2) is 16.8. The van der Waals surface area contributed by atoms with Crippen molar-refractivity contribution in [2.45, 2.75) is 27.7 Å². The largest absolute Gasteiger partial charge is 2.00 e. The summed E-state index contributed by atoms with van der Waals surface area (Å²) in [7, 11) is 0. The fraction of sp³-hybridized carbons (Fsp3) is 0.0930. The number of hydrogen-bond donors (Lipinski definition) is 0. The first-order chi connectivity index (χ1) is 21.0. The third-order valence-electron chi connectivity index (χ3n) is 8.29. The summed E-state index contributed by atoms with van der Waals surface area (Å²) in [5.41, 5.74) is 10.7. The Bertz CT molecular complexity index is 2000. The summed E-state index contributed by atoms with van der Waals surface area (Å²) >= 11 is 0. The molecule has 0 saturated carbocycles. The van der Waals surface area contributed by atoms with Crippen LogP contribution >= 0.6 is 0 Å². The summed E-state index contributed by atoms with van der Waals surface area (Å²) in [5.74, 6) is 0. The average Bonchev–Trinajstić information content (AvgIpc) is 3.71. The van der Waals surface area contributed by atoms with Crippen molar-refractivity contribution in [1.82, 2.24) is 0 Å². The van der Waals surface area contributed by atoms with Gasteiger partial charge in [0.1, 0.15) is 0 Å². The minimum Gasteiger partial charge on any atom is -1.00 e. The van der Waals surface area contributed by atoms with E-state index in [9.17, 15) is 0 Å². The molecule has 0 amide bonds. The van der Waals surface area contributed by atoms with Gasteiger partial charge in [0.15, 0.2) is 0 Å². The van der Waals surface area contributed by atoms with E-state index in [1.54, 1.807) is 0 Å². The molecule has 0 unspecified atom stereocenters. The first kappa shape index (κ1) is 36.9. The summed E-state index contributed by atoms with van der Waals surface area (Å²) in [6.45, 7) is 8.64. The SMILES string of the molecule is Cc1[cH-]c2ccccc2c1C.Cc1cc2c(-c3ccccc3)cccc2[cH-]1.Cc1cc2c(-c3ccccc3)cccc2[cH-]1.[Cl-].[Cl-].[Zr+2]. The van der Waals surface area contributed by atoms with E-state index in [0.717, 1.165) is 0 Å². The van der Waals surface area contributed by atoms with Crippen molar-refractivity contribution in [2.24, 2.45) is 0 Å². The minimum atomic E-state index is 0. The molecule has 0 bridgehead atoms. The number of aryl methyl sites for hydroxylation is 4. The third kappa shape index (κ3) is 8.21. The van der Waals surface area contributed by atoms with E-state index < -0.39 is 0 Å². The monoisotopic (exact) mass is 713 g/mol. The van der Waals surface area contributed by atoms with Crippen molar-refractivity contribution in [3.8, 4) is 22.3 Å². The van der Waals surface area contributed by atoms with Crippen molar-refractivity contribution in [1.29, 1.82) is 0 Å². The van der Waals surface area contributed by atoms with Gasteiger partial charge in [-0.25, -0.2) is 0 Å². The molecular weight excluding hydrogens is 679 g/mol. The predicted octanol–water partition coefficient (Wildman–Crippen LogP) is 6.25. The van der Waals surface area contributed by atoms with E-state index in [-0.39, 0.29) is 51.0 Å². The maximum absolute atomic E-state index is 2.26. The van der Waals surface area contributed by atoms with Crippen LogP contribution in [0.25, 0.3) is 54.6 Å². The second-order valence-corrected chi connectivity index (χ2v) is 11.5. The van der Waals surface area contributed by atoms with Crippen LogP contribution in [0.2, 0.25) is 0 Å². The van der Waals surface area contributed by atoms with Crippen LogP contribution in [0.1, 0.15) is 22.3 Å². The molecule has 0 aliphatic heterocycles. The maximum atomic E-state index is 2.26. The van der Waals surface area contributed by atoms with E-state index in [1.165, 1.54) is 76.8 Å². The first-order valence-corrected chi connectivity index (χ1v) is 15.0. The van der Waals surface area contributed by atoms with E-state index in [0.29, 0.717) is 0 Å². The minimum absolute atomic E-state index is 0. The van der Waals surface area contributed by atoms with Crippen molar-refractivity contribution >= 4 is 32.3 Å². The van der Waals surface area contributed by atoms with E-state index in [4.69, 9.17) is 0 Å². The molecule has 0 heterocycles. The molecule has 8 rings (SSSR count). The summed E-state index contributed by atoms with van der Waals surface area (Å²) in [6.07, 6.45) is 0. The van der Waals surface area contributed by atoms with Crippen LogP contribution in [-0.4, -0.2) is 0 Å². The maximum Gasteiger partial charge on any atom is 2.00 e. The number of rotatable bonds is 2. The molecule has 0 radical (unpaired) electrons. The van der Waals surface area contributed by atoms with E-state index in [1.807, 2.05) is 0 Å². The number of benzene rings is 5. The van der Waals surface area contributed by atoms with Crippen molar-refractivity contribution in [3.05, 3.63) is 174 Å². The molecule has 0 spiro atoms. The molecule has 3 heteroatoms. The van der Waals surface area contributed by atoms with Gasteiger partial charge in [0.05, 0.1) is 0 Å². The molecule has 0 aliphatic rings. The summed E-state index contributed by atoms with van der Waals surface area (Å²) < 4.78 is 0. The summed E-state index contributed by atoms with van der Waals surface area (Å²) in [5, 5.41) is 8.13. The van der Waals surface area contributed by atoms with Gasteiger partial charge < -0.3 is 24.8 Å². The van der Waals surface area contributed by atoms with Crippen LogP contribution < -0.4 is 24.8 Å². The quantitative estimate of drug-likeness (QED) is 0.186. The normalized spacial score (nSPS) is 10.1. The van der Waals surface area contributed by atoms with E-state index >= 15 is 0 Å².